The summed E-state index contributed by atoms with van der Waals surface area (Å²) in [5.41, 5.74) is 2.94. The van der Waals surface area contributed by atoms with Gasteiger partial charge in [0.25, 0.3) is 0 Å². The van der Waals surface area contributed by atoms with Gasteiger partial charge in [0.15, 0.2) is 0 Å². The highest BCUT2D eigenvalue weighted by Gasteiger charge is 2.71. The van der Waals surface area contributed by atoms with Crippen LogP contribution < -0.4 is 0 Å². The van der Waals surface area contributed by atoms with Crippen LogP contribution in [0.1, 0.15) is 229 Å². The van der Waals surface area contributed by atoms with Gasteiger partial charge in [-0.25, -0.2) is 0 Å². The molecule has 5 unspecified atom stereocenters. The molecule has 0 bridgehead atoms. The molecule has 5 saturated carbocycles. The van der Waals surface area contributed by atoms with E-state index in [-0.39, 0.29) is 23.9 Å². The van der Waals surface area contributed by atoms with Crippen LogP contribution in [-0.2, 0) is 9.53 Å². The standard InChI is InChI=1S/C50H88O3/c1-10-11-12-13-14-15-16-17-18-19-20-21-22-23-24-25-38(51)36-44(52)53-43-27-26-41-40(46(43,4)5)30-33-50(9)48(41,7)32-29-42-45-39(37(2)3)28-31-47(45,6)34-35-49(42,50)8/h38-43,45,51H,2,10-36H2,1,3-9H3/t38?,39-,40?,41?,42?,43-,45?,47+,48-,49+,50+/m0/s1. The Hall–Kier alpha value is -0.830. The fraction of sp³-hybridized carbons (Fsp3) is 0.940. The summed E-state index contributed by atoms with van der Waals surface area (Å²) in [6.07, 6.45) is 33.4. The van der Waals surface area contributed by atoms with Gasteiger partial charge in [-0.1, -0.05) is 157 Å². The van der Waals surface area contributed by atoms with E-state index < -0.39 is 6.10 Å². The topological polar surface area (TPSA) is 46.5 Å². The Morgan fingerprint density at radius 2 is 1.21 bits per heavy atom. The summed E-state index contributed by atoms with van der Waals surface area (Å²) in [5.74, 6) is 3.42. The van der Waals surface area contributed by atoms with Crippen molar-refractivity contribution in [2.75, 3.05) is 0 Å². The number of hydrogen-bond acceptors (Lipinski definition) is 3. The van der Waals surface area contributed by atoms with Gasteiger partial charge in [-0.15, -0.1) is 0 Å². The molecule has 5 rings (SSSR count). The van der Waals surface area contributed by atoms with Gasteiger partial charge in [-0.2, -0.15) is 0 Å². The molecule has 306 valence electrons. The molecule has 11 atom stereocenters. The Morgan fingerprint density at radius 3 is 1.79 bits per heavy atom. The van der Waals surface area contributed by atoms with Crippen LogP contribution in [0.5, 0.6) is 0 Å². The van der Waals surface area contributed by atoms with Crippen molar-refractivity contribution in [1.29, 1.82) is 0 Å². The maximum absolute atomic E-state index is 13.3. The molecule has 1 N–H and O–H groups in total. The normalized spacial score (nSPS) is 39.3. The molecule has 3 heteroatoms. The average Bonchev–Trinajstić information content (AvgIpc) is 3.46. The molecule has 0 aromatic carbocycles. The number of carbonyl (C=O) groups excluding carboxylic acids is 1. The molecule has 0 saturated heterocycles. The number of aliphatic hydroxyl groups is 1. The van der Waals surface area contributed by atoms with Crippen LogP contribution in [0, 0.1) is 56.7 Å². The third-order valence-corrected chi connectivity index (χ3v) is 18.5. The number of fused-ring (bicyclic) bond motifs is 7. The van der Waals surface area contributed by atoms with E-state index >= 15 is 0 Å². The Labute approximate surface area is 329 Å². The van der Waals surface area contributed by atoms with Crippen LogP contribution in [-0.4, -0.2) is 23.3 Å². The minimum absolute atomic E-state index is 0.0402. The van der Waals surface area contributed by atoms with Crippen molar-refractivity contribution in [1.82, 2.24) is 0 Å². The zero-order valence-corrected chi connectivity index (χ0v) is 36.6. The summed E-state index contributed by atoms with van der Waals surface area (Å²) in [4.78, 5) is 13.3. The van der Waals surface area contributed by atoms with Crippen LogP contribution in [0.3, 0.4) is 0 Å². The summed E-state index contributed by atoms with van der Waals surface area (Å²) in [5, 5.41) is 10.8. The molecule has 0 spiro atoms. The fourth-order valence-corrected chi connectivity index (χ4v) is 14.7. The van der Waals surface area contributed by atoms with Crippen molar-refractivity contribution in [3.8, 4) is 0 Å². The lowest BCUT2D eigenvalue weighted by molar-refractivity contribution is -0.259. The monoisotopic (exact) mass is 737 g/mol. The number of carbonyl (C=O) groups is 1. The molecule has 0 heterocycles. The molecule has 0 aliphatic heterocycles. The highest BCUT2D eigenvalue weighted by Crippen LogP contribution is 2.78. The number of esters is 1. The van der Waals surface area contributed by atoms with Gasteiger partial charge in [0, 0.05) is 5.41 Å². The second kappa shape index (κ2) is 18.2. The first-order chi connectivity index (χ1) is 25.1. The minimum Gasteiger partial charge on any atom is -0.462 e. The molecular weight excluding hydrogens is 649 g/mol. The minimum atomic E-state index is -0.573. The van der Waals surface area contributed by atoms with Gasteiger partial charge in [0.05, 0.1) is 12.5 Å². The van der Waals surface area contributed by atoms with Crippen LogP contribution in [0.2, 0.25) is 0 Å². The van der Waals surface area contributed by atoms with E-state index in [4.69, 9.17) is 4.74 Å². The number of hydrogen-bond donors (Lipinski definition) is 1. The van der Waals surface area contributed by atoms with Gasteiger partial charge < -0.3 is 9.84 Å². The molecule has 5 aliphatic carbocycles. The first-order valence-electron chi connectivity index (χ1n) is 23.7. The van der Waals surface area contributed by atoms with E-state index in [0.717, 1.165) is 37.5 Å². The van der Waals surface area contributed by atoms with Crippen LogP contribution in [0.15, 0.2) is 12.2 Å². The van der Waals surface area contributed by atoms with Gasteiger partial charge >= 0.3 is 5.97 Å². The quantitative estimate of drug-likeness (QED) is 0.0769. The smallest absolute Gasteiger partial charge is 0.308 e. The molecule has 3 nitrogen and oxygen atoms in total. The second-order valence-electron chi connectivity index (χ2n) is 21.7. The van der Waals surface area contributed by atoms with Crippen molar-refractivity contribution < 1.29 is 14.6 Å². The lowest BCUT2D eigenvalue weighted by Gasteiger charge is -2.74. The van der Waals surface area contributed by atoms with Gasteiger partial charge in [-0.3, -0.25) is 4.79 Å². The van der Waals surface area contributed by atoms with Crippen LogP contribution in [0.25, 0.3) is 0 Å². The summed E-state index contributed by atoms with van der Waals surface area (Å²) >= 11 is 0. The summed E-state index contributed by atoms with van der Waals surface area (Å²) in [6, 6.07) is 0. The number of allylic oxidation sites excluding steroid dienone is 1. The van der Waals surface area contributed by atoms with E-state index in [1.165, 1.54) is 147 Å². The van der Waals surface area contributed by atoms with Crippen LogP contribution >= 0.6 is 0 Å². The molecule has 53 heavy (non-hydrogen) atoms. The predicted octanol–water partition coefficient (Wildman–Crippen LogP) is 14.6. The maximum Gasteiger partial charge on any atom is 0.308 e. The number of unbranched alkanes of at least 4 members (excludes halogenated alkanes) is 14. The Balaban J connectivity index is 1.04. The first-order valence-corrected chi connectivity index (χ1v) is 23.7. The molecule has 5 fully saturated rings. The Bertz CT molecular complexity index is 1190. The Morgan fingerprint density at radius 1 is 0.660 bits per heavy atom. The zero-order chi connectivity index (χ0) is 38.5. The Kier molecular flexibility index (Phi) is 14.9. The lowest BCUT2D eigenvalue weighted by Crippen LogP contribution is -2.67. The molecule has 5 aliphatic rings. The number of ether oxygens (including phenoxy) is 1. The fourth-order valence-electron chi connectivity index (χ4n) is 14.7. The summed E-state index contributed by atoms with van der Waals surface area (Å²) in [7, 11) is 0. The maximum atomic E-state index is 13.3. The van der Waals surface area contributed by atoms with E-state index in [9.17, 15) is 9.90 Å². The molecule has 0 amide bonds. The molecule has 0 radical (unpaired) electrons. The van der Waals surface area contributed by atoms with Crippen molar-refractivity contribution in [3.05, 3.63) is 12.2 Å². The first kappa shape index (κ1) is 43.3. The van der Waals surface area contributed by atoms with Gasteiger partial charge in [0.2, 0.25) is 0 Å². The predicted molar refractivity (Wildman–Crippen MR) is 225 cm³/mol. The SMILES string of the molecule is C=C(C)[C@@H]1CC[C@]2(C)CC[C@]3(C)C(CC[C@@]4(C)C5CC[C@H](OC(=O)CC(O)CCCCCCCCCCCCCCCCC)C(C)(C)C5CC[C@]43C)C12. The van der Waals surface area contributed by atoms with Crippen molar-refractivity contribution in [3.63, 3.8) is 0 Å². The summed E-state index contributed by atoms with van der Waals surface area (Å²) < 4.78 is 6.34. The zero-order valence-electron chi connectivity index (χ0n) is 36.6. The highest BCUT2D eigenvalue weighted by atomic mass is 16.5. The number of rotatable bonds is 20. The summed E-state index contributed by atoms with van der Waals surface area (Å²) in [6.45, 7) is 24.8. The molecule has 0 aromatic rings. The molecular formula is C50H88O3. The third-order valence-electron chi connectivity index (χ3n) is 18.5. The molecule has 0 aromatic heterocycles. The van der Waals surface area contributed by atoms with E-state index in [2.05, 4.69) is 62.0 Å². The van der Waals surface area contributed by atoms with E-state index in [0.29, 0.717) is 39.4 Å². The van der Waals surface area contributed by atoms with E-state index in [1.807, 2.05) is 0 Å². The lowest BCUT2D eigenvalue weighted by atomic mass is 9.31. The highest BCUT2D eigenvalue weighted by molar-refractivity contribution is 5.70. The average molecular weight is 737 g/mol. The van der Waals surface area contributed by atoms with Crippen LogP contribution in [0.4, 0.5) is 0 Å². The largest absolute Gasteiger partial charge is 0.462 e. The van der Waals surface area contributed by atoms with Gasteiger partial charge in [-0.05, 0) is 129 Å². The van der Waals surface area contributed by atoms with Crippen molar-refractivity contribution >= 4 is 5.97 Å². The van der Waals surface area contributed by atoms with Crippen molar-refractivity contribution in [2.24, 2.45) is 56.7 Å². The van der Waals surface area contributed by atoms with Gasteiger partial charge in [0.1, 0.15) is 6.10 Å². The number of aliphatic hydroxyl groups excluding tert-OH is 1. The van der Waals surface area contributed by atoms with Crippen molar-refractivity contribution in [2.45, 2.75) is 241 Å². The third kappa shape index (κ3) is 8.86. The van der Waals surface area contributed by atoms with E-state index in [1.54, 1.807) is 0 Å². The second-order valence-corrected chi connectivity index (χ2v) is 21.7.